The van der Waals surface area contributed by atoms with Gasteiger partial charge in [-0.15, -0.1) is 0 Å². The summed E-state index contributed by atoms with van der Waals surface area (Å²) in [6, 6.07) is 0. The number of unbranched alkanes of at least 4 members (excludes halogenated alkanes) is 2. The third-order valence-corrected chi connectivity index (χ3v) is 10.7. The average molecular weight is 655 g/mol. The van der Waals surface area contributed by atoms with E-state index in [2.05, 4.69) is 31.2 Å². The van der Waals surface area contributed by atoms with Gasteiger partial charge in [-0.1, -0.05) is 50.5 Å². The van der Waals surface area contributed by atoms with Crippen LogP contribution >= 0.6 is 0 Å². The summed E-state index contributed by atoms with van der Waals surface area (Å²) in [5, 5.41) is 0. The third-order valence-electron chi connectivity index (χ3n) is 10.1. The molecular formula is C35H58O9S. The zero-order valence-corrected chi connectivity index (χ0v) is 28.7. The molecule has 0 amide bonds. The van der Waals surface area contributed by atoms with E-state index in [-0.39, 0.29) is 48.0 Å². The molecule has 2 saturated heterocycles. The number of ether oxygens (including phenoxy) is 5. The number of rotatable bonds is 18. The van der Waals surface area contributed by atoms with Crippen LogP contribution in [0.4, 0.5) is 0 Å². The Morgan fingerprint density at radius 2 is 1.71 bits per heavy atom. The molecule has 0 spiro atoms. The summed E-state index contributed by atoms with van der Waals surface area (Å²) in [7, 11) is -2.28. The molecule has 0 bridgehead atoms. The zero-order valence-electron chi connectivity index (χ0n) is 27.9. The van der Waals surface area contributed by atoms with Crippen LogP contribution in [0.25, 0.3) is 0 Å². The smallest absolute Gasteiger partial charge is 0.305 e. The molecule has 2 saturated carbocycles. The predicted molar refractivity (Wildman–Crippen MR) is 173 cm³/mol. The summed E-state index contributed by atoms with van der Waals surface area (Å²) in [6.07, 6.45) is 24.4. The second-order valence-corrected chi connectivity index (χ2v) is 15.1. The first-order valence-electron chi connectivity index (χ1n) is 17.6. The van der Waals surface area contributed by atoms with Crippen molar-refractivity contribution in [1.29, 1.82) is 0 Å². The van der Waals surface area contributed by atoms with Gasteiger partial charge in [0, 0.05) is 37.4 Å². The number of methoxy groups -OCH3 is 1. The summed E-state index contributed by atoms with van der Waals surface area (Å²) >= 11 is 0. The van der Waals surface area contributed by atoms with E-state index in [1.165, 1.54) is 20.0 Å². The van der Waals surface area contributed by atoms with Crippen LogP contribution in [0.15, 0.2) is 24.3 Å². The van der Waals surface area contributed by atoms with Crippen molar-refractivity contribution in [1.82, 2.24) is 0 Å². The summed E-state index contributed by atoms with van der Waals surface area (Å²) < 4.78 is 60.7. The molecule has 0 N–H and O–H groups in total. The van der Waals surface area contributed by atoms with Gasteiger partial charge < -0.3 is 23.7 Å². The number of carbonyl (C=O) groups is 1. The highest BCUT2D eigenvalue weighted by atomic mass is 32.2. The van der Waals surface area contributed by atoms with Crippen molar-refractivity contribution in [2.24, 2.45) is 17.3 Å². The lowest BCUT2D eigenvalue weighted by molar-refractivity contribution is -0.211. The molecule has 0 aromatic rings. The highest BCUT2D eigenvalue weighted by molar-refractivity contribution is 7.86. The lowest BCUT2D eigenvalue weighted by atomic mass is 9.62. The van der Waals surface area contributed by atoms with E-state index < -0.39 is 16.2 Å². The second kappa shape index (κ2) is 18.3. The van der Waals surface area contributed by atoms with Gasteiger partial charge in [0.25, 0.3) is 10.1 Å². The maximum absolute atomic E-state index is 12.4. The van der Waals surface area contributed by atoms with Gasteiger partial charge in [0.2, 0.25) is 0 Å². The predicted octanol–water partition coefficient (Wildman–Crippen LogP) is 7.00. The lowest BCUT2D eigenvalue weighted by Gasteiger charge is -2.48. The minimum absolute atomic E-state index is 0.0723. The van der Waals surface area contributed by atoms with E-state index >= 15 is 0 Å². The summed E-state index contributed by atoms with van der Waals surface area (Å²) in [5.74, 6) is -0.404. The minimum atomic E-state index is -3.68. The molecule has 258 valence electrons. The third kappa shape index (κ3) is 11.4. The van der Waals surface area contributed by atoms with Gasteiger partial charge in [0.1, 0.15) is 0 Å². The second-order valence-electron chi connectivity index (χ2n) is 13.5. The van der Waals surface area contributed by atoms with Gasteiger partial charge in [0.05, 0.1) is 31.7 Å². The Bertz CT molecular complexity index is 1040. The number of esters is 1. The molecule has 4 rings (SSSR count). The van der Waals surface area contributed by atoms with Crippen LogP contribution in [0, 0.1) is 17.3 Å². The molecule has 2 aliphatic carbocycles. The van der Waals surface area contributed by atoms with Crippen LogP contribution in [-0.2, 0) is 42.8 Å². The standard InChI is InChI=1S/C35H58O9S/c1-4-5-21-35(22-14-23-35)31(43-34-18-11-13-25-41-34)20-19-28-27(15-8-6-7-9-16-32(36)39-2)30(44-45(3,37)38)26-29(28)42-33-17-10-12-24-40-33/h6,8,19-20,27-31,33-34H,4-5,7,9-18,21-26H2,1-3H3/b8-6-,20-19+/t27-,28-,29-,30-,31-,33?,34?/m1/s1. The van der Waals surface area contributed by atoms with Crippen molar-refractivity contribution in [3.05, 3.63) is 24.3 Å². The molecule has 7 atom stereocenters. The number of hydrogen-bond donors (Lipinski definition) is 0. The van der Waals surface area contributed by atoms with Gasteiger partial charge in [-0.05, 0) is 83.0 Å². The van der Waals surface area contributed by atoms with Crippen LogP contribution in [0.1, 0.15) is 116 Å². The maximum atomic E-state index is 12.4. The summed E-state index contributed by atoms with van der Waals surface area (Å²) in [4.78, 5) is 11.5. The number of allylic oxidation sites excluding steroid dienone is 2. The van der Waals surface area contributed by atoms with E-state index in [0.29, 0.717) is 32.3 Å². The first-order chi connectivity index (χ1) is 21.7. The van der Waals surface area contributed by atoms with Gasteiger partial charge in [-0.25, -0.2) is 0 Å². The molecule has 9 nitrogen and oxygen atoms in total. The molecule has 2 heterocycles. The zero-order chi connectivity index (χ0) is 32.1. The van der Waals surface area contributed by atoms with Crippen molar-refractivity contribution >= 4 is 16.1 Å². The van der Waals surface area contributed by atoms with E-state index in [0.717, 1.165) is 83.5 Å². The first-order valence-corrected chi connectivity index (χ1v) is 19.4. The fourth-order valence-corrected chi connectivity index (χ4v) is 8.10. The average Bonchev–Trinajstić information content (AvgIpc) is 3.31. The highest BCUT2D eigenvalue weighted by Crippen LogP contribution is 2.51. The van der Waals surface area contributed by atoms with Gasteiger partial charge >= 0.3 is 5.97 Å². The van der Waals surface area contributed by atoms with Crippen molar-refractivity contribution in [2.45, 2.75) is 147 Å². The molecule has 0 aromatic carbocycles. The fraction of sp³-hybridized carbons (Fsp3) is 0.857. The number of carbonyl (C=O) groups excluding carboxylic acids is 1. The van der Waals surface area contributed by atoms with Crippen LogP contribution in [0.2, 0.25) is 0 Å². The Morgan fingerprint density at radius 1 is 0.978 bits per heavy atom. The molecular weight excluding hydrogens is 596 g/mol. The van der Waals surface area contributed by atoms with Crippen molar-refractivity contribution in [2.75, 3.05) is 26.6 Å². The van der Waals surface area contributed by atoms with Gasteiger partial charge in [-0.2, -0.15) is 8.42 Å². The molecule has 0 aromatic heterocycles. The molecule has 10 heteroatoms. The lowest BCUT2D eigenvalue weighted by Crippen LogP contribution is -2.44. The maximum Gasteiger partial charge on any atom is 0.305 e. The Balaban J connectivity index is 1.58. The Kier molecular flexibility index (Phi) is 14.9. The molecule has 4 fully saturated rings. The fourth-order valence-electron chi connectivity index (χ4n) is 7.43. The molecule has 2 aliphatic heterocycles. The normalized spacial score (nSPS) is 31.3. The molecule has 2 unspecified atom stereocenters. The quantitative estimate of drug-likeness (QED) is 0.0669. The van der Waals surface area contributed by atoms with Crippen molar-refractivity contribution in [3.63, 3.8) is 0 Å². The molecule has 0 radical (unpaired) electrons. The van der Waals surface area contributed by atoms with E-state index in [4.69, 9.17) is 27.9 Å². The number of hydrogen-bond acceptors (Lipinski definition) is 9. The van der Waals surface area contributed by atoms with Crippen molar-refractivity contribution < 1.29 is 41.1 Å². The van der Waals surface area contributed by atoms with Gasteiger partial charge in [-0.3, -0.25) is 8.98 Å². The highest BCUT2D eigenvalue weighted by Gasteiger charge is 2.47. The van der Waals surface area contributed by atoms with Crippen molar-refractivity contribution in [3.8, 4) is 0 Å². The Hall–Kier alpha value is -1.30. The Morgan fingerprint density at radius 3 is 2.31 bits per heavy atom. The SMILES string of the molecule is CCCCC1([C@@H](/C=C/[C@@H]2[C@@H](C/C=C\CCCC(=O)OC)[C@H](OS(C)(=O)=O)C[C@H]2OC2CCCCO2)OC2CCCCO2)CCC1. The van der Waals surface area contributed by atoms with Crippen LogP contribution in [-0.4, -0.2) is 71.9 Å². The van der Waals surface area contributed by atoms with Crippen LogP contribution < -0.4 is 0 Å². The summed E-state index contributed by atoms with van der Waals surface area (Å²) in [6.45, 7) is 3.66. The minimum Gasteiger partial charge on any atom is -0.469 e. The van der Waals surface area contributed by atoms with E-state index in [1.54, 1.807) is 0 Å². The monoisotopic (exact) mass is 654 g/mol. The van der Waals surface area contributed by atoms with E-state index in [9.17, 15) is 13.2 Å². The van der Waals surface area contributed by atoms with Crippen LogP contribution in [0.3, 0.4) is 0 Å². The summed E-state index contributed by atoms with van der Waals surface area (Å²) in [5.41, 5.74) is 0.104. The molecule has 45 heavy (non-hydrogen) atoms. The Labute approximate surface area is 271 Å². The topological polar surface area (TPSA) is 107 Å². The van der Waals surface area contributed by atoms with Crippen LogP contribution in [0.5, 0.6) is 0 Å². The van der Waals surface area contributed by atoms with Gasteiger partial charge in [0.15, 0.2) is 12.6 Å². The van der Waals surface area contributed by atoms with E-state index in [1.807, 2.05) is 0 Å². The first kappa shape index (κ1) is 36.5. The molecule has 4 aliphatic rings. The largest absolute Gasteiger partial charge is 0.469 e.